The van der Waals surface area contributed by atoms with Crippen molar-refractivity contribution in [1.29, 1.82) is 0 Å². The number of benzene rings is 4. The van der Waals surface area contributed by atoms with Gasteiger partial charge >= 0.3 is 0 Å². The van der Waals surface area contributed by atoms with Gasteiger partial charge < -0.3 is 5.32 Å². The topological polar surface area (TPSA) is 58.2 Å². The van der Waals surface area contributed by atoms with Crippen LogP contribution in [0.1, 0.15) is 23.6 Å². The summed E-state index contributed by atoms with van der Waals surface area (Å²) in [4.78, 5) is 13.0. The minimum Gasteiger partial charge on any atom is -0.352 e. The molecule has 0 aliphatic heterocycles. The number of hydrogen-bond acceptors (Lipinski definition) is 2. The molecule has 1 saturated carbocycles. The second kappa shape index (κ2) is 10.4. The number of rotatable bonds is 9. The molecule has 0 unspecified atom stereocenters. The lowest BCUT2D eigenvalue weighted by Crippen LogP contribution is -2.33. The molecule has 176 valence electrons. The van der Waals surface area contributed by atoms with Crippen molar-refractivity contribution >= 4 is 23.8 Å². The SMILES string of the molecule is O=C(NCc1ccccc1)[C@@H]1C[C@H]1[C@@H](NP(=O)(c1ccccc1)c1ccccc1)c1ccccc1. The van der Waals surface area contributed by atoms with Crippen molar-refractivity contribution in [2.75, 3.05) is 0 Å². The van der Waals surface area contributed by atoms with Gasteiger partial charge in [0.15, 0.2) is 0 Å². The standard InChI is InChI=1S/C30H29N2O2P/c33-30(31-22-23-13-5-1-6-14-23)28-21-27(28)29(24-15-7-2-8-16-24)32-35(34,25-17-9-3-10-18-25)26-19-11-4-12-20-26/h1-20,27-29H,21-22H2,(H,31,33)(H,32,34)/t27-,28-,29+/m1/s1. The first-order valence-corrected chi connectivity index (χ1v) is 13.7. The highest BCUT2D eigenvalue weighted by Gasteiger charge is 2.49. The van der Waals surface area contributed by atoms with Crippen LogP contribution in [0.3, 0.4) is 0 Å². The summed E-state index contributed by atoms with van der Waals surface area (Å²) in [7, 11) is -3.16. The molecule has 0 heterocycles. The van der Waals surface area contributed by atoms with Gasteiger partial charge in [0.25, 0.3) is 0 Å². The van der Waals surface area contributed by atoms with Crippen LogP contribution in [-0.4, -0.2) is 5.91 Å². The third-order valence-electron chi connectivity index (χ3n) is 6.63. The van der Waals surface area contributed by atoms with Crippen LogP contribution in [0.15, 0.2) is 121 Å². The van der Waals surface area contributed by atoms with E-state index in [1.54, 1.807) is 0 Å². The second-order valence-electron chi connectivity index (χ2n) is 9.01. The summed E-state index contributed by atoms with van der Waals surface area (Å²) in [6.45, 7) is 0.513. The van der Waals surface area contributed by atoms with Crippen molar-refractivity contribution in [2.24, 2.45) is 11.8 Å². The van der Waals surface area contributed by atoms with Crippen molar-refractivity contribution < 1.29 is 9.36 Å². The van der Waals surface area contributed by atoms with Crippen LogP contribution in [-0.2, 0) is 15.9 Å². The molecule has 0 aromatic heterocycles. The van der Waals surface area contributed by atoms with Gasteiger partial charge in [-0.2, -0.15) is 0 Å². The second-order valence-corrected chi connectivity index (χ2v) is 11.5. The summed E-state index contributed by atoms with van der Waals surface area (Å²) in [5.74, 6) is 0.00109. The van der Waals surface area contributed by atoms with Gasteiger partial charge in [0.05, 0.1) is 0 Å². The van der Waals surface area contributed by atoms with Crippen LogP contribution >= 0.6 is 7.29 Å². The Balaban J connectivity index is 1.42. The number of carbonyl (C=O) groups excluding carboxylic acids is 1. The number of carbonyl (C=O) groups is 1. The van der Waals surface area contributed by atoms with Crippen molar-refractivity contribution in [1.82, 2.24) is 10.4 Å². The predicted molar refractivity (Wildman–Crippen MR) is 142 cm³/mol. The Hall–Kier alpha value is -3.46. The molecule has 1 aliphatic rings. The fourth-order valence-corrected chi connectivity index (χ4v) is 7.16. The van der Waals surface area contributed by atoms with Gasteiger partial charge in [-0.25, -0.2) is 0 Å². The largest absolute Gasteiger partial charge is 0.352 e. The highest BCUT2D eigenvalue weighted by atomic mass is 31.2. The molecular weight excluding hydrogens is 451 g/mol. The highest BCUT2D eigenvalue weighted by Crippen LogP contribution is 2.52. The van der Waals surface area contributed by atoms with E-state index in [1.165, 1.54) is 0 Å². The normalized spacial score (nSPS) is 17.9. The van der Waals surface area contributed by atoms with Crippen molar-refractivity contribution in [3.05, 3.63) is 132 Å². The van der Waals surface area contributed by atoms with Crippen LogP contribution in [0.25, 0.3) is 0 Å². The van der Waals surface area contributed by atoms with Crippen LogP contribution in [0.2, 0.25) is 0 Å². The number of amides is 1. The van der Waals surface area contributed by atoms with E-state index in [0.717, 1.165) is 28.2 Å². The maximum atomic E-state index is 14.7. The van der Waals surface area contributed by atoms with Crippen LogP contribution in [0, 0.1) is 11.8 Å². The Labute approximate surface area is 206 Å². The molecule has 0 saturated heterocycles. The van der Waals surface area contributed by atoms with Gasteiger partial charge in [0.2, 0.25) is 13.2 Å². The Kier molecular flexibility index (Phi) is 6.94. The highest BCUT2D eigenvalue weighted by molar-refractivity contribution is 7.76. The summed E-state index contributed by atoms with van der Waals surface area (Å²) >= 11 is 0. The van der Waals surface area contributed by atoms with Crippen LogP contribution in [0.5, 0.6) is 0 Å². The average Bonchev–Trinajstić information content (AvgIpc) is 3.73. The molecule has 0 spiro atoms. The molecule has 0 radical (unpaired) electrons. The van der Waals surface area contributed by atoms with E-state index in [2.05, 4.69) is 22.5 Å². The molecule has 5 heteroatoms. The molecule has 5 rings (SSSR count). The van der Waals surface area contributed by atoms with Crippen molar-refractivity contribution in [3.8, 4) is 0 Å². The third-order valence-corrected chi connectivity index (χ3v) is 9.33. The Morgan fingerprint density at radius 3 is 1.77 bits per heavy atom. The lowest BCUT2D eigenvalue weighted by atomic mass is 10.0. The molecule has 1 aliphatic carbocycles. The molecule has 2 N–H and O–H groups in total. The first-order chi connectivity index (χ1) is 17.1. The van der Waals surface area contributed by atoms with E-state index in [1.807, 2.05) is 109 Å². The number of nitrogens with one attached hydrogen (secondary N) is 2. The molecule has 4 nitrogen and oxygen atoms in total. The Bertz CT molecular complexity index is 1250. The van der Waals surface area contributed by atoms with E-state index in [4.69, 9.17) is 0 Å². The molecule has 4 aromatic rings. The summed E-state index contributed by atoms with van der Waals surface area (Å²) in [5, 5.41) is 8.19. The summed E-state index contributed by atoms with van der Waals surface area (Å²) in [6, 6.07) is 39.0. The molecular formula is C30H29N2O2P. The summed E-state index contributed by atoms with van der Waals surface area (Å²) < 4.78 is 14.7. The first-order valence-electron chi connectivity index (χ1n) is 12.0. The summed E-state index contributed by atoms with van der Waals surface area (Å²) in [6.07, 6.45) is 0.761. The van der Waals surface area contributed by atoms with E-state index < -0.39 is 7.29 Å². The quantitative estimate of drug-likeness (QED) is 0.324. The van der Waals surface area contributed by atoms with E-state index in [-0.39, 0.29) is 23.8 Å². The zero-order valence-corrected chi connectivity index (χ0v) is 20.4. The van der Waals surface area contributed by atoms with Gasteiger partial charge in [-0.15, -0.1) is 0 Å². The molecule has 1 amide bonds. The van der Waals surface area contributed by atoms with Crippen molar-refractivity contribution in [2.45, 2.75) is 19.0 Å². The minimum absolute atomic E-state index is 0.0517. The Morgan fingerprint density at radius 2 is 1.23 bits per heavy atom. The molecule has 1 fully saturated rings. The molecule has 4 aromatic carbocycles. The first kappa shape index (κ1) is 23.3. The van der Waals surface area contributed by atoms with E-state index in [0.29, 0.717) is 6.54 Å². The van der Waals surface area contributed by atoms with E-state index >= 15 is 0 Å². The zero-order valence-electron chi connectivity index (χ0n) is 19.5. The zero-order chi connectivity index (χ0) is 24.1. The summed E-state index contributed by atoms with van der Waals surface area (Å²) in [5.41, 5.74) is 2.12. The predicted octanol–water partition coefficient (Wildman–Crippen LogP) is 5.20. The van der Waals surface area contributed by atoms with Gasteiger partial charge in [0.1, 0.15) is 0 Å². The smallest absolute Gasteiger partial charge is 0.223 e. The van der Waals surface area contributed by atoms with Gasteiger partial charge in [0, 0.05) is 29.1 Å². The fraction of sp³-hybridized carbons (Fsp3) is 0.167. The van der Waals surface area contributed by atoms with E-state index in [9.17, 15) is 9.36 Å². The Morgan fingerprint density at radius 1 is 0.743 bits per heavy atom. The van der Waals surface area contributed by atoms with Crippen LogP contribution in [0.4, 0.5) is 0 Å². The maximum absolute atomic E-state index is 14.7. The lowest BCUT2D eigenvalue weighted by Gasteiger charge is -2.28. The number of hydrogen-bond donors (Lipinski definition) is 2. The molecule has 35 heavy (non-hydrogen) atoms. The van der Waals surface area contributed by atoms with Gasteiger partial charge in [-0.1, -0.05) is 97.1 Å². The minimum atomic E-state index is -3.16. The average molecular weight is 481 g/mol. The van der Waals surface area contributed by atoms with Crippen LogP contribution < -0.4 is 21.0 Å². The van der Waals surface area contributed by atoms with Crippen molar-refractivity contribution in [3.63, 3.8) is 0 Å². The fourth-order valence-electron chi connectivity index (χ4n) is 4.65. The third kappa shape index (κ3) is 5.30. The van der Waals surface area contributed by atoms with Gasteiger partial charge in [-0.3, -0.25) is 14.4 Å². The molecule has 0 bridgehead atoms. The lowest BCUT2D eigenvalue weighted by molar-refractivity contribution is -0.122. The monoisotopic (exact) mass is 480 g/mol. The molecule has 3 atom stereocenters. The maximum Gasteiger partial charge on any atom is 0.223 e. The van der Waals surface area contributed by atoms with Gasteiger partial charge in [-0.05, 0) is 47.7 Å².